The van der Waals surface area contributed by atoms with Gasteiger partial charge in [-0.05, 0) is 62.4 Å². The third-order valence-corrected chi connectivity index (χ3v) is 6.98. The molecule has 3 aromatic rings. The number of anilines is 1. The second kappa shape index (κ2) is 8.13. The first kappa shape index (κ1) is 20.8. The zero-order chi connectivity index (χ0) is 22.3. The van der Waals surface area contributed by atoms with Gasteiger partial charge in [0.05, 0.1) is 33.4 Å². The fourth-order valence-corrected chi connectivity index (χ4v) is 5.12. The van der Waals surface area contributed by atoms with Crippen LogP contribution in [0.3, 0.4) is 0 Å². The summed E-state index contributed by atoms with van der Waals surface area (Å²) in [4.78, 5) is 36.3. The summed E-state index contributed by atoms with van der Waals surface area (Å²) in [7, 11) is 0. The van der Waals surface area contributed by atoms with E-state index in [1.807, 2.05) is 24.3 Å². The van der Waals surface area contributed by atoms with E-state index in [1.165, 1.54) is 18.3 Å². The lowest BCUT2D eigenvalue weighted by Crippen LogP contribution is -2.44. The molecule has 1 N–H and O–H groups in total. The Morgan fingerprint density at radius 3 is 2.62 bits per heavy atom. The minimum Gasteiger partial charge on any atom is -0.348 e. The molecular formula is C24H22ClFN4O2. The smallest absolute Gasteiger partial charge is 0.271 e. The molecule has 8 heteroatoms. The summed E-state index contributed by atoms with van der Waals surface area (Å²) in [6.45, 7) is 0.563. The molecule has 2 aliphatic rings. The average Bonchev–Trinajstić information content (AvgIpc) is 3.10. The third-order valence-electron chi connectivity index (χ3n) is 6.67. The number of fused-ring (bicyclic) bond motifs is 1. The molecule has 1 saturated carbocycles. The van der Waals surface area contributed by atoms with Crippen molar-refractivity contribution in [2.45, 2.75) is 38.1 Å². The van der Waals surface area contributed by atoms with Crippen LogP contribution in [0.25, 0.3) is 11.0 Å². The quantitative estimate of drug-likeness (QED) is 0.634. The van der Waals surface area contributed by atoms with Gasteiger partial charge in [-0.3, -0.25) is 14.6 Å². The first-order valence-corrected chi connectivity index (χ1v) is 11.1. The van der Waals surface area contributed by atoms with Crippen LogP contribution in [0.15, 0.2) is 48.7 Å². The van der Waals surface area contributed by atoms with Gasteiger partial charge in [0, 0.05) is 12.6 Å². The molecule has 1 aromatic heterocycles. The van der Waals surface area contributed by atoms with Crippen molar-refractivity contribution >= 4 is 40.1 Å². The molecule has 5 rings (SSSR count). The Balaban J connectivity index is 1.23. The molecule has 0 unspecified atom stereocenters. The van der Waals surface area contributed by atoms with Crippen LogP contribution < -0.4 is 10.2 Å². The zero-order valence-electron chi connectivity index (χ0n) is 17.4. The molecule has 1 aliphatic carbocycles. The Bertz CT molecular complexity index is 1210. The van der Waals surface area contributed by atoms with Crippen molar-refractivity contribution in [2.24, 2.45) is 5.41 Å². The number of nitrogens with zero attached hydrogens (tertiary/aromatic N) is 3. The molecule has 1 saturated heterocycles. The maximum atomic E-state index is 13.4. The monoisotopic (exact) mass is 452 g/mol. The van der Waals surface area contributed by atoms with Crippen molar-refractivity contribution in [1.82, 2.24) is 15.3 Å². The second-order valence-corrected chi connectivity index (χ2v) is 8.98. The van der Waals surface area contributed by atoms with Crippen LogP contribution in [0.2, 0.25) is 5.02 Å². The van der Waals surface area contributed by atoms with E-state index in [2.05, 4.69) is 15.3 Å². The number of para-hydroxylation sites is 2. The van der Waals surface area contributed by atoms with E-state index in [9.17, 15) is 14.0 Å². The molecule has 0 bridgehead atoms. The number of carbonyl (C=O) groups excluding carboxylic acids is 2. The van der Waals surface area contributed by atoms with Crippen LogP contribution in [0, 0.1) is 11.2 Å². The van der Waals surface area contributed by atoms with E-state index < -0.39 is 11.2 Å². The maximum Gasteiger partial charge on any atom is 0.271 e. The van der Waals surface area contributed by atoms with E-state index >= 15 is 0 Å². The van der Waals surface area contributed by atoms with E-state index in [4.69, 9.17) is 11.6 Å². The van der Waals surface area contributed by atoms with Crippen molar-refractivity contribution in [3.8, 4) is 0 Å². The number of rotatable bonds is 3. The molecule has 2 heterocycles. The van der Waals surface area contributed by atoms with Gasteiger partial charge in [0.25, 0.3) is 5.91 Å². The zero-order valence-corrected chi connectivity index (χ0v) is 18.1. The van der Waals surface area contributed by atoms with Gasteiger partial charge in [0.15, 0.2) is 0 Å². The summed E-state index contributed by atoms with van der Waals surface area (Å²) in [6, 6.07) is 11.5. The summed E-state index contributed by atoms with van der Waals surface area (Å²) in [5, 5.41) is 3.29. The molecule has 6 nitrogen and oxygen atoms in total. The highest BCUT2D eigenvalue weighted by Gasteiger charge is 2.49. The largest absolute Gasteiger partial charge is 0.348 e. The SMILES string of the molecule is O=C(NC1CCC2(CC1)CCN(c1ccc(F)cc1Cl)C2=O)c1cnc2ccccc2n1. The molecule has 164 valence electrons. The lowest BCUT2D eigenvalue weighted by molar-refractivity contribution is -0.127. The second-order valence-electron chi connectivity index (χ2n) is 8.57. The predicted molar refractivity (Wildman–Crippen MR) is 120 cm³/mol. The number of amides is 2. The van der Waals surface area contributed by atoms with Gasteiger partial charge in [0.1, 0.15) is 11.5 Å². The number of hydrogen-bond donors (Lipinski definition) is 1. The number of halogens is 2. The molecule has 2 aromatic carbocycles. The minimum absolute atomic E-state index is 0.0161. The van der Waals surface area contributed by atoms with E-state index in [0.29, 0.717) is 43.4 Å². The van der Waals surface area contributed by atoms with Crippen LogP contribution in [0.1, 0.15) is 42.6 Å². The summed E-state index contributed by atoms with van der Waals surface area (Å²) >= 11 is 6.18. The normalized spacial score (nSPS) is 23.1. The predicted octanol–water partition coefficient (Wildman–Crippen LogP) is 4.52. The van der Waals surface area contributed by atoms with Crippen LogP contribution in [0.4, 0.5) is 10.1 Å². The van der Waals surface area contributed by atoms with Crippen molar-refractivity contribution in [2.75, 3.05) is 11.4 Å². The summed E-state index contributed by atoms with van der Waals surface area (Å²) in [5.74, 6) is -0.634. The first-order chi connectivity index (χ1) is 15.4. The topological polar surface area (TPSA) is 75.2 Å². The van der Waals surface area contributed by atoms with E-state index in [-0.39, 0.29) is 28.6 Å². The van der Waals surface area contributed by atoms with E-state index in [1.54, 1.807) is 11.0 Å². The first-order valence-electron chi connectivity index (χ1n) is 10.7. The highest BCUT2D eigenvalue weighted by molar-refractivity contribution is 6.34. The number of aromatic nitrogens is 2. The summed E-state index contributed by atoms with van der Waals surface area (Å²) < 4.78 is 13.4. The van der Waals surface area contributed by atoms with Gasteiger partial charge in [-0.1, -0.05) is 23.7 Å². The van der Waals surface area contributed by atoms with Gasteiger partial charge in [-0.2, -0.15) is 0 Å². The van der Waals surface area contributed by atoms with Crippen molar-refractivity contribution < 1.29 is 14.0 Å². The summed E-state index contributed by atoms with van der Waals surface area (Å²) in [6.07, 6.45) is 5.03. The molecule has 2 amide bonds. The van der Waals surface area contributed by atoms with Gasteiger partial charge in [-0.25, -0.2) is 9.37 Å². The van der Waals surface area contributed by atoms with Gasteiger partial charge < -0.3 is 10.2 Å². The van der Waals surface area contributed by atoms with Crippen molar-refractivity contribution in [3.05, 3.63) is 65.2 Å². The maximum absolute atomic E-state index is 13.4. The Morgan fingerprint density at radius 2 is 1.88 bits per heavy atom. The Kier molecular flexibility index (Phi) is 5.29. The molecule has 0 atom stereocenters. The molecular weight excluding hydrogens is 431 g/mol. The number of benzene rings is 2. The fourth-order valence-electron chi connectivity index (χ4n) is 4.86. The van der Waals surface area contributed by atoms with Crippen LogP contribution >= 0.6 is 11.6 Å². The third kappa shape index (κ3) is 3.71. The fraction of sp³-hybridized carbons (Fsp3) is 0.333. The molecule has 0 radical (unpaired) electrons. The Hall–Kier alpha value is -3.06. The molecule has 1 spiro atoms. The van der Waals surface area contributed by atoms with Crippen LogP contribution in [0.5, 0.6) is 0 Å². The molecule has 1 aliphatic heterocycles. The van der Waals surface area contributed by atoms with Gasteiger partial charge in [-0.15, -0.1) is 0 Å². The van der Waals surface area contributed by atoms with Crippen LogP contribution in [-0.4, -0.2) is 34.4 Å². The Labute approximate surface area is 189 Å². The molecule has 2 fully saturated rings. The standard InChI is InChI=1S/C24H22ClFN4O2/c25-17-13-15(26)5-6-21(17)30-12-11-24(23(30)32)9-7-16(8-10-24)28-22(31)20-14-27-18-3-1-2-4-19(18)29-20/h1-6,13-14,16H,7-12H2,(H,28,31). The van der Waals surface area contributed by atoms with Gasteiger partial charge >= 0.3 is 0 Å². The minimum atomic E-state index is -0.443. The number of hydrogen-bond acceptors (Lipinski definition) is 4. The van der Waals surface area contributed by atoms with Crippen molar-refractivity contribution in [3.63, 3.8) is 0 Å². The Morgan fingerprint density at radius 1 is 1.12 bits per heavy atom. The highest BCUT2D eigenvalue weighted by atomic mass is 35.5. The van der Waals surface area contributed by atoms with Crippen molar-refractivity contribution in [1.29, 1.82) is 0 Å². The highest BCUT2D eigenvalue weighted by Crippen LogP contribution is 2.47. The number of carbonyl (C=O) groups is 2. The van der Waals surface area contributed by atoms with Gasteiger partial charge in [0.2, 0.25) is 5.91 Å². The average molecular weight is 453 g/mol. The summed E-state index contributed by atoms with van der Waals surface area (Å²) in [5.41, 5.74) is 1.83. The molecule has 32 heavy (non-hydrogen) atoms. The lowest BCUT2D eigenvalue weighted by atomic mass is 9.71. The van der Waals surface area contributed by atoms with E-state index in [0.717, 1.165) is 11.9 Å². The number of nitrogens with one attached hydrogen (secondary N) is 1. The lowest BCUT2D eigenvalue weighted by Gasteiger charge is -2.36. The van der Waals surface area contributed by atoms with Crippen LogP contribution in [-0.2, 0) is 4.79 Å².